The third-order valence-corrected chi connectivity index (χ3v) is 6.69. The second-order valence-electron chi connectivity index (χ2n) is 8.10. The molecular weight excluding hydrogens is 489 g/mol. The highest BCUT2D eigenvalue weighted by atomic mass is 32.1. The van der Waals surface area contributed by atoms with E-state index in [0.717, 1.165) is 21.5 Å². The number of nitrogens with zero attached hydrogens (tertiary/aromatic N) is 2. The summed E-state index contributed by atoms with van der Waals surface area (Å²) >= 11 is 1.15. The largest absolute Gasteiger partial charge is 0.454 e. The fourth-order valence-electron chi connectivity index (χ4n) is 3.91. The van der Waals surface area contributed by atoms with Gasteiger partial charge in [0.15, 0.2) is 17.3 Å². The van der Waals surface area contributed by atoms with E-state index in [9.17, 15) is 23.6 Å². The maximum atomic E-state index is 13.2. The summed E-state index contributed by atoms with van der Waals surface area (Å²) in [7, 11) is 0. The molecule has 0 saturated heterocycles. The molecular formula is C25H20FN3O6S. The summed E-state index contributed by atoms with van der Waals surface area (Å²) in [6.07, 6.45) is -0.109. The van der Waals surface area contributed by atoms with Crippen molar-refractivity contribution in [2.75, 3.05) is 6.79 Å². The van der Waals surface area contributed by atoms with Crippen molar-refractivity contribution in [3.63, 3.8) is 0 Å². The number of amides is 1. The van der Waals surface area contributed by atoms with E-state index in [1.807, 2.05) is 0 Å². The van der Waals surface area contributed by atoms with E-state index in [4.69, 9.17) is 9.47 Å². The van der Waals surface area contributed by atoms with Crippen molar-refractivity contribution in [3.8, 4) is 11.5 Å². The van der Waals surface area contributed by atoms with Crippen LogP contribution in [0.25, 0.3) is 10.2 Å². The molecule has 0 spiro atoms. The number of ether oxygens (including phenoxy) is 2. The first-order valence-electron chi connectivity index (χ1n) is 11.1. The Kier molecular flexibility index (Phi) is 6.38. The van der Waals surface area contributed by atoms with Gasteiger partial charge in [0.05, 0.1) is 12.1 Å². The highest BCUT2D eigenvalue weighted by Gasteiger charge is 2.18. The summed E-state index contributed by atoms with van der Waals surface area (Å²) in [5, 5.41) is 4.42. The predicted octanol–water partition coefficient (Wildman–Crippen LogP) is 2.68. The van der Waals surface area contributed by atoms with Gasteiger partial charge in [0.2, 0.25) is 12.7 Å². The summed E-state index contributed by atoms with van der Waals surface area (Å²) < 4.78 is 26.3. The molecule has 4 aromatic rings. The highest BCUT2D eigenvalue weighted by molar-refractivity contribution is 7.17. The number of thiophene rings is 1. The topological polar surface area (TPSA) is 109 Å². The number of ketones is 1. The van der Waals surface area contributed by atoms with Gasteiger partial charge in [-0.05, 0) is 53.4 Å². The Hall–Kier alpha value is -4.25. The van der Waals surface area contributed by atoms with Crippen LogP contribution in [0.3, 0.4) is 0 Å². The standard InChI is InChI=1S/C25H20FN3O6S/c26-17-4-2-16(3-5-17)19(30)13-29-18-8-10-36-23(18)24(32)28(25(29)33)9-7-22(31)27-12-15-1-6-20-21(11-15)35-14-34-20/h1-6,8,10-11H,7,9,12-14H2,(H,27,31). The summed E-state index contributed by atoms with van der Waals surface area (Å²) in [6, 6.07) is 12.0. The monoisotopic (exact) mass is 509 g/mol. The molecule has 2 aromatic heterocycles. The third kappa shape index (κ3) is 4.65. The lowest BCUT2D eigenvalue weighted by Gasteiger charge is -2.12. The van der Waals surface area contributed by atoms with Crippen LogP contribution in [-0.2, 0) is 24.4 Å². The molecule has 1 amide bonds. The molecule has 0 aliphatic carbocycles. The van der Waals surface area contributed by atoms with Crippen LogP contribution in [-0.4, -0.2) is 27.6 Å². The fourth-order valence-corrected chi connectivity index (χ4v) is 4.75. The van der Waals surface area contributed by atoms with Gasteiger partial charge in [-0.1, -0.05) is 6.07 Å². The van der Waals surface area contributed by atoms with Crippen molar-refractivity contribution in [2.45, 2.75) is 26.1 Å². The van der Waals surface area contributed by atoms with Gasteiger partial charge in [-0.15, -0.1) is 11.3 Å². The van der Waals surface area contributed by atoms with E-state index < -0.39 is 22.8 Å². The molecule has 3 heterocycles. The smallest absolute Gasteiger partial charge is 0.331 e. The zero-order valence-corrected chi connectivity index (χ0v) is 19.7. The SMILES string of the molecule is O=C(CCn1c(=O)c2sccc2n(CC(=O)c2ccc(F)cc2)c1=O)NCc1ccc2c(c1)OCO2. The highest BCUT2D eigenvalue weighted by Crippen LogP contribution is 2.32. The molecule has 1 N–H and O–H groups in total. The average Bonchev–Trinajstić information content (AvgIpc) is 3.55. The fraction of sp³-hybridized carbons (Fsp3) is 0.200. The van der Waals surface area contributed by atoms with Crippen molar-refractivity contribution in [2.24, 2.45) is 0 Å². The van der Waals surface area contributed by atoms with Crippen LogP contribution >= 0.6 is 11.3 Å². The second-order valence-corrected chi connectivity index (χ2v) is 9.02. The number of nitrogens with one attached hydrogen (secondary N) is 1. The number of carbonyl (C=O) groups excluding carboxylic acids is 2. The summed E-state index contributed by atoms with van der Waals surface area (Å²) in [6.45, 7) is -0.0796. The molecule has 0 unspecified atom stereocenters. The summed E-state index contributed by atoms with van der Waals surface area (Å²) in [5.74, 6) is 0.0145. The molecule has 9 nitrogen and oxygen atoms in total. The Labute approximate surface area is 207 Å². The minimum Gasteiger partial charge on any atom is -0.454 e. The third-order valence-electron chi connectivity index (χ3n) is 5.79. The van der Waals surface area contributed by atoms with Gasteiger partial charge in [-0.3, -0.25) is 23.5 Å². The van der Waals surface area contributed by atoms with Gasteiger partial charge in [-0.2, -0.15) is 0 Å². The van der Waals surface area contributed by atoms with Crippen LogP contribution in [0, 0.1) is 5.82 Å². The number of hydrogen-bond acceptors (Lipinski definition) is 7. The van der Waals surface area contributed by atoms with Crippen LogP contribution in [0.2, 0.25) is 0 Å². The molecule has 1 aliphatic heterocycles. The summed E-state index contributed by atoms with van der Waals surface area (Å²) in [5.41, 5.74) is 0.191. The normalized spacial score (nSPS) is 12.1. The first-order valence-corrected chi connectivity index (χ1v) is 11.9. The number of benzene rings is 2. The molecule has 2 aromatic carbocycles. The molecule has 0 fully saturated rings. The molecule has 184 valence electrons. The van der Waals surface area contributed by atoms with Crippen molar-refractivity contribution in [3.05, 3.63) is 91.7 Å². The number of rotatable bonds is 8. The average molecular weight is 510 g/mol. The maximum absolute atomic E-state index is 13.2. The van der Waals surface area contributed by atoms with Gasteiger partial charge in [0.1, 0.15) is 10.5 Å². The number of aromatic nitrogens is 2. The van der Waals surface area contributed by atoms with Gasteiger partial charge in [0, 0.05) is 25.1 Å². The second kappa shape index (κ2) is 9.78. The number of carbonyl (C=O) groups is 2. The molecule has 0 saturated carbocycles. The molecule has 0 bridgehead atoms. The Morgan fingerprint density at radius 1 is 1.00 bits per heavy atom. The van der Waals surface area contributed by atoms with Crippen molar-refractivity contribution in [1.82, 2.24) is 14.5 Å². The van der Waals surface area contributed by atoms with Crippen LogP contribution in [0.5, 0.6) is 11.5 Å². The van der Waals surface area contributed by atoms with Gasteiger partial charge >= 0.3 is 5.69 Å². The lowest BCUT2D eigenvalue weighted by atomic mass is 10.1. The van der Waals surface area contributed by atoms with Crippen molar-refractivity contribution < 1.29 is 23.5 Å². The van der Waals surface area contributed by atoms with Crippen LogP contribution < -0.4 is 26.0 Å². The van der Waals surface area contributed by atoms with E-state index in [-0.39, 0.29) is 44.3 Å². The Balaban J connectivity index is 1.31. The van der Waals surface area contributed by atoms with Crippen molar-refractivity contribution in [1.29, 1.82) is 0 Å². The first kappa shape index (κ1) is 23.5. The molecule has 0 atom stereocenters. The minimum atomic E-state index is -0.690. The Bertz CT molecular complexity index is 1590. The predicted molar refractivity (Wildman–Crippen MR) is 130 cm³/mol. The van der Waals surface area contributed by atoms with E-state index in [1.54, 1.807) is 29.6 Å². The Morgan fingerprint density at radius 2 is 1.78 bits per heavy atom. The maximum Gasteiger partial charge on any atom is 0.331 e. The molecule has 11 heteroatoms. The number of Topliss-reactive ketones (excluding diaryl/α,β-unsaturated/α-hetero) is 1. The van der Waals surface area contributed by atoms with E-state index >= 15 is 0 Å². The van der Waals surface area contributed by atoms with E-state index in [0.29, 0.717) is 21.7 Å². The number of hydrogen-bond donors (Lipinski definition) is 1. The zero-order valence-electron chi connectivity index (χ0n) is 18.9. The van der Waals surface area contributed by atoms with Gasteiger partial charge < -0.3 is 14.8 Å². The lowest BCUT2D eigenvalue weighted by Crippen LogP contribution is -2.41. The van der Waals surface area contributed by atoms with Crippen LogP contribution in [0.15, 0.2) is 63.5 Å². The molecule has 0 radical (unpaired) electrons. The first-order chi connectivity index (χ1) is 17.4. The van der Waals surface area contributed by atoms with E-state index in [1.165, 1.54) is 28.8 Å². The van der Waals surface area contributed by atoms with Crippen LogP contribution in [0.1, 0.15) is 22.3 Å². The van der Waals surface area contributed by atoms with Crippen LogP contribution in [0.4, 0.5) is 4.39 Å². The summed E-state index contributed by atoms with van der Waals surface area (Å²) in [4.78, 5) is 51.3. The van der Waals surface area contributed by atoms with E-state index in [2.05, 4.69) is 5.32 Å². The zero-order chi connectivity index (χ0) is 25.2. The molecule has 5 rings (SSSR count). The van der Waals surface area contributed by atoms with Crippen molar-refractivity contribution >= 4 is 33.2 Å². The Morgan fingerprint density at radius 3 is 2.58 bits per heavy atom. The molecule has 1 aliphatic rings. The number of halogens is 1. The van der Waals surface area contributed by atoms with Gasteiger partial charge in [-0.25, -0.2) is 9.18 Å². The molecule has 36 heavy (non-hydrogen) atoms. The quantitative estimate of drug-likeness (QED) is 0.366. The minimum absolute atomic E-state index is 0.109. The van der Waals surface area contributed by atoms with Gasteiger partial charge in [0.25, 0.3) is 5.56 Å². The number of fused-ring (bicyclic) bond motifs is 2. The lowest BCUT2D eigenvalue weighted by molar-refractivity contribution is -0.121.